The third-order valence-electron chi connectivity index (χ3n) is 2.43. The van der Waals surface area contributed by atoms with Gasteiger partial charge in [0.15, 0.2) is 5.54 Å². The van der Waals surface area contributed by atoms with Crippen molar-refractivity contribution in [1.29, 1.82) is 5.26 Å². The van der Waals surface area contributed by atoms with E-state index in [9.17, 15) is 9.70 Å². The Hall–Kier alpha value is -1.70. The highest BCUT2D eigenvalue weighted by Gasteiger charge is 2.35. The Bertz CT molecular complexity index is 317. The molecule has 5 nitrogen and oxygen atoms in total. The second-order valence-electron chi connectivity index (χ2n) is 3.38. The molecule has 1 rings (SSSR count). The Labute approximate surface area is 81.0 Å². The second-order valence-corrected chi connectivity index (χ2v) is 3.38. The largest absolute Gasteiger partial charge is 0.478 e. The molecule has 0 radical (unpaired) electrons. The number of hydrogen-bond donors (Lipinski definition) is 1. The van der Waals surface area contributed by atoms with Gasteiger partial charge < -0.3 is 5.11 Å². The van der Waals surface area contributed by atoms with Crippen LogP contribution in [0.5, 0.6) is 0 Å². The molecule has 0 aliphatic heterocycles. The van der Waals surface area contributed by atoms with Gasteiger partial charge in [0.25, 0.3) is 0 Å². The number of aliphatic carboxylic acids is 1. The van der Waals surface area contributed by atoms with Gasteiger partial charge in [-0.05, 0) is 30.9 Å². The Balaban J connectivity index is 2.67. The predicted molar refractivity (Wildman–Crippen MR) is 48.3 cm³/mol. The van der Waals surface area contributed by atoms with Crippen LogP contribution in [0.1, 0.15) is 25.7 Å². The summed E-state index contributed by atoms with van der Waals surface area (Å²) in [6, 6.07) is 1.89. The lowest BCUT2D eigenvalue weighted by Crippen LogP contribution is -2.27. The number of allylic oxidation sites excluding steroid dienone is 1. The summed E-state index contributed by atoms with van der Waals surface area (Å²) in [4.78, 5) is 20.8. The lowest BCUT2D eigenvalue weighted by atomic mass is 9.81. The topological polar surface area (TPSA) is 90.5 Å². The summed E-state index contributed by atoms with van der Waals surface area (Å²) in [5.41, 5.74) is -0.359. The van der Waals surface area contributed by atoms with Crippen LogP contribution in [0.2, 0.25) is 0 Å². The first-order valence-electron chi connectivity index (χ1n) is 4.30. The SMILES string of the molecule is N#CC1(N=O)CCC(=CC(=O)O)CC1. The van der Waals surface area contributed by atoms with E-state index in [4.69, 9.17) is 10.4 Å². The van der Waals surface area contributed by atoms with Crippen LogP contribution in [0.3, 0.4) is 0 Å². The minimum Gasteiger partial charge on any atom is -0.478 e. The summed E-state index contributed by atoms with van der Waals surface area (Å²) in [7, 11) is 0. The van der Waals surface area contributed by atoms with Crippen LogP contribution in [0.25, 0.3) is 0 Å². The molecule has 1 aliphatic rings. The quantitative estimate of drug-likeness (QED) is 0.533. The van der Waals surface area contributed by atoms with E-state index in [0.29, 0.717) is 25.7 Å². The lowest BCUT2D eigenvalue weighted by Gasteiger charge is -2.24. The molecule has 0 heterocycles. The summed E-state index contributed by atoms with van der Waals surface area (Å²) in [5.74, 6) is -0.983. The van der Waals surface area contributed by atoms with E-state index in [2.05, 4.69) is 5.18 Å². The van der Waals surface area contributed by atoms with Crippen molar-refractivity contribution in [2.45, 2.75) is 31.2 Å². The van der Waals surface area contributed by atoms with E-state index in [1.54, 1.807) is 0 Å². The average molecular weight is 194 g/mol. The van der Waals surface area contributed by atoms with Crippen molar-refractivity contribution in [3.05, 3.63) is 16.6 Å². The molecule has 5 heteroatoms. The summed E-state index contributed by atoms with van der Waals surface area (Å²) in [5, 5.41) is 20.0. The molecule has 0 aromatic heterocycles. The maximum Gasteiger partial charge on any atom is 0.328 e. The van der Waals surface area contributed by atoms with Crippen molar-refractivity contribution in [2.24, 2.45) is 5.18 Å². The van der Waals surface area contributed by atoms with Crippen molar-refractivity contribution in [3.63, 3.8) is 0 Å². The van der Waals surface area contributed by atoms with Crippen LogP contribution in [-0.4, -0.2) is 16.6 Å². The Morgan fingerprint density at radius 1 is 1.57 bits per heavy atom. The average Bonchev–Trinajstić information content (AvgIpc) is 2.19. The zero-order valence-electron chi connectivity index (χ0n) is 7.56. The van der Waals surface area contributed by atoms with Gasteiger partial charge in [-0.3, -0.25) is 0 Å². The summed E-state index contributed by atoms with van der Waals surface area (Å²) in [6.45, 7) is 0. The Kier molecular flexibility index (Phi) is 2.97. The van der Waals surface area contributed by atoms with Crippen LogP contribution >= 0.6 is 0 Å². The first kappa shape index (κ1) is 10.4. The van der Waals surface area contributed by atoms with E-state index in [0.717, 1.165) is 11.6 Å². The molecular weight excluding hydrogens is 184 g/mol. The van der Waals surface area contributed by atoms with Crippen molar-refractivity contribution in [3.8, 4) is 6.07 Å². The molecule has 0 aromatic carbocycles. The highest BCUT2D eigenvalue weighted by molar-refractivity contribution is 5.80. The van der Waals surface area contributed by atoms with E-state index in [-0.39, 0.29) is 0 Å². The number of carboxylic acids is 1. The number of nitrogens with zero attached hydrogens (tertiary/aromatic N) is 2. The fraction of sp³-hybridized carbons (Fsp3) is 0.556. The van der Waals surface area contributed by atoms with Gasteiger partial charge in [0.2, 0.25) is 0 Å². The Morgan fingerprint density at radius 2 is 2.14 bits per heavy atom. The number of carbonyl (C=O) groups is 1. The highest BCUT2D eigenvalue weighted by atomic mass is 16.4. The second kappa shape index (κ2) is 4.01. The third-order valence-corrected chi connectivity index (χ3v) is 2.43. The van der Waals surface area contributed by atoms with Crippen molar-refractivity contribution in [1.82, 2.24) is 0 Å². The first-order chi connectivity index (χ1) is 6.62. The molecule has 1 N–H and O–H groups in total. The molecule has 1 aliphatic carbocycles. The number of rotatable bonds is 2. The molecule has 1 saturated carbocycles. The van der Waals surface area contributed by atoms with Crippen LogP contribution < -0.4 is 0 Å². The summed E-state index contributed by atoms with van der Waals surface area (Å²) in [6.07, 6.45) is 2.72. The predicted octanol–water partition coefficient (Wildman–Crippen LogP) is 1.60. The van der Waals surface area contributed by atoms with Crippen molar-refractivity contribution < 1.29 is 9.90 Å². The van der Waals surface area contributed by atoms with Gasteiger partial charge in [0.1, 0.15) is 0 Å². The van der Waals surface area contributed by atoms with Gasteiger partial charge in [-0.1, -0.05) is 5.57 Å². The smallest absolute Gasteiger partial charge is 0.328 e. The van der Waals surface area contributed by atoms with Crippen LogP contribution in [0.4, 0.5) is 0 Å². The van der Waals surface area contributed by atoms with E-state index < -0.39 is 11.5 Å². The number of nitriles is 1. The summed E-state index contributed by atoms with van der Waals surface area (Å²) < 4.78 is 0. The number of carboxylic acid groups (broad SMARTS) is 1. The molecule has 0 aromatic rings. The minimum atomic E-state index is -1.13. The molecule has 0 unspecified atom stereocenters. The molecule has 0 bridgehead atoms. The van der Waals surface area contributed by atoms with Crippen LogP contribution in [-0.2, 0) is 4.79 Å². The van der Waals surface area contributed by atoms with Crippen molar-refractivity contribution in [2.75, 3.05) is 0 Å². The molecule has 0 saturated heterocycles. The zero-order valence-corrected chi connectivity index (χ0v) is 7.56. The van der Waals surface area contributed by atoms with Gasteiger partial charge in [-0.25, -0.2) is 4.79 Å². The minimum absolute atomic E-state index is 0.326. The van der Waals surface area contributed by atoms with E-state index in [1.165, 1.54) is 0 Å². The molecule has 74 valence electrons. The van der Waals surface area contributed by atoms with Gasteiger partial charge in [-0.15, -0.1) is 4.91 Å². The third kappa shape index (κ3) is 2.16. The monoisotopic (exact) mass is 194 g/mol. The van der Waals surface area contributed by atoms with Crippen LogP contribution in [0, 0.1) is 16.2 Å². The molecule has 14 heavy (non-hydrogen) atoms. The maximum absolute atomic E-state index is 10.4. The first-order valence-corrected chi connectivity index (χ1v) is 4.30. The van der Waals surface area contributed by atoms with Gasteiger partial charge in [-0.2, -0.15) is 5.26 Å². The number of hydrogen-bond acceptors (Lipinski definition) is 4. The van der Waals surface area contributed by atoms with Crippen LogP contribution in [0.15, 0.2) is 16.8 Å². The highest BCUT2D eigenvalue weighted by Crippen LogP contribution is 2.33. The van der Waals surface area contributed by atoms with Crippen molar-refractivity contribution >= 4 is 5.97 Å². The normalized spacial score (nSPS) is 26.4. The number of nitroso groups, excluding NO2 is 1. The molecule has 1 fully saturated rings. The molecule has 0 spiro atoms. The lowest BCUT2D eigenvalue weighted by molar-refractivity contribution is -0.131. The van der Waals surface area contributed by atoms with Gasteiger partial charge in [0, 0.05) is 6.08 Å². The Morgan fingerprint density at radius 3 is 2.50 bits per heavy atom. The van der Waals surface area contributed by atoms with Gasteiger partial charge >= 0.3 is 5.97 Å². The fourth-order valence-corrected chi connectivity index (χ4v) is 1.53. The van der Waals surface area contributed by atoms with E-state index >= 15 is 0 Å². The standard InChI is InChI=1S/C9H10N2O3/c10-6-9(11-14)3-1-7(2-4-9)5-8(12)13/h5H,1-4H2,(H,12,13). The van der Waals surface area contributed by atoms with E-state index in [1.807, 2.05) is 6.07 Å². The molecule has 0 atom stereocenters. The molecule has 0 amide bonds. The zero-order chi connectivity index (χ0) is 10.6. The summed E-state index contributed by atoms with van der Waals surface area (Å²) >= 11 is 0. The maximum atomic E-state index is 10.4. The fourth-order valence-electron chi connectivity index (χ4n) is 1.53. The molecular formula is C9H10N2O3. The van der Waals surface area contributed by atoms with Gasteiger partial charge in [0.05, 0.1) is 6.07 Å².